The molecule has 1 unspecified atom stereocenters. The van der Waals surface area contributed by atoms with E-state index in [2.05, 4.69) is 10.4 Å². The number of hydrogen-bond donors (Lipinski definition) is 1. The van der Waals surface area contributed by atoms with Crippen molar-refractivity contribution >= 4 is 43.0 Å². The number of aromatic nitrogens is 2. The van der Waals surface area contributed by atoms with Crippen molar-refractivity contribution in [1.82, 2.24) is 9.78 Å². The van der Waals surface area contributed by atoms with Gasteiger partial charge in [0.2, 0.25) is 0 Å². The lowest BCUT2D eigenvalue weighted by atomic mass is 9.92. The largest absolute Gasteiger partial charge is 0.306 e. The summed E-state index contributed by atoms with van der Waals surface area (Å²) in [5, 5.41) is 7.88. The molecule has 0 radical (unpaired) electrons. The molecule has 1 atom stereocenters. The third-order valence-corrected chi connectivity index (χ3v) is 7.88. The van der Waals surface area contributed by atoms with Crippen LogP contribution in [-0.2, 0) is 15.3 Å². The number of carbonyl (C=O) groups is 1. The fraction of sp³-hybridized carbons (Fsp3) is 0.400. The van der Waals surface area contributed by atoms with Crippen molar-refractivity contribution in [2.45, 2.75) is 38.6 Å². The van der Waals surface area contributed by atoms with E-state index < -0.39 is 9.84 Å². The highest BCUT2D eigenvalue weighted by molar-refractivity contribution is 7.91. The Kier molecular flexibility index (Phi) is 4.77. The van der Waals surface area contributed by atoms with E-state index in [4.69, 9.17) is 0 Å². The number of halogens is 1. The van der Waals surface area contributed by atoms with Crippen molar-refractivity contribution < 1.29 is 17.6 Å². The molecular weight excluding hydrogens is 413 g/mol. The third-order valence-electron chi connectivity index (χ3n) is 5.03. The molecule has 3 aromatic rings. The first kappa shape index (κ1) is 20.0. The van der Waals surface area contributed by atoms with Crippen molar-refractivity contribution in [3.05, 3.63) is 46.7 Å². The van der Waals surface area contributed by atoms with Crippen molar-refractivity contribution in [2.75, 3.05) is 16.8 Å². The fourth-order valence-corrected chi connectivity index (χ4v) is 6.08. The number of nitrogens with zero attached hydrogens (tertiary/aromatic N) is 2. The zero-order valence-corrected chi connectivity index (χ0v) is 18.0. The van der Waals surface area contributed by atoms with Gasteiger partial charge in [-0.2, -0.15) is 5.10 Å². The van der Waals surface area contributed by atoms with Gasteiger partial charge in [-0.15, -0.1) is 11.3 Å². The number of sulfone groups is 1. The molecule has 0 bridgehead atoms. The molecule has 1 amide bonds. The monoisotopic (exact) mass is 435 g/mol. The van der Waals surface area contributed by atoms with E-state index in [1.165, 1.54) is 23.5 Å². The molecule has 154 valence electrons. The summed E-state index contributed by atoms with van der Waals surface area (Å²) in [4.78, 5) is 13.2. The molecule has 1 saturated heterocycles. The molecule has 4 rings (SSSR count). The van der Waals surface area contributed by atoms with Crippen LogP contribution >= 0.6 is 11.3 Å². The van der Waals surface area contributed by atoms with E-state index in [1.54, 1.807) is 22.9 Å². The second kappa shape index (κ2) is 6.91. The Bertz CT molecular complexity index is 1210. The summed E-state index contributed by atoms with van der Waals surface area (Å²) in [6, 6.07) is 7.76. The predicted molar refractivity (Wildman–Crippen MR) is 113 cm³/mol. The molecule has 1 aliphatic heterocycles. The average molecular weight is 436 g/mol. The Morgan fingerprint density at radius 3 is 2.69 bits per heavy atom. The molecule has 1 fully saturated rings. The van der Waals surface area contributed by atoms with E-state index in [-0.39, 0.29) is 34.7 Å². The first-order valence-electron chi connectivity index (χ1n) is 9.33. The van der Waals surface area contributed by atoms with Gasteiger partial charge >= 0.3 is 0 Å². The Morgan fingerprint density at radius 1 is 1.31 bits per heavy atom. The van der Waals surface area contributed by atoms with E-state index >= 15 is 0 Å². The van der Waals surface area contributed by atoms with Gasteiger partial charge in [0.1, 0.15) is 11.6 Å². The van der Waals surface area contributed by atoms with E-state index in [1.807, 2.05) is 20.8 Å². The number of fused-ring (bicyclic) bond motifs is 1. The molecular formula is C20H22FN3O3S2. The molecule has 0 saturated carbocycles. The van der Waals surface area contributed by atoms with E-state index in [0.29, 0.717) is 27.2 Å². The van der Waals surface area contributed by atoms with Gasteiger partial charge in [0.05, 0.1) is 28.1 Å². The van der Waals surface area contributed by atoms with Gasteiger partial charge in [-0.3, -0.25) is 4.79 Å². The molecule has 0 spiro atoms. The predicted octanol–water partition coefficient (Wildman–Crippen LogP) is 4.15. The SMILES string of the molecule is CC(C)(C)c1cc(NC(=O)c2cc3c(F)cccc3s2)n(C2CCS(=O)(=O)C2)n1. The number of anilines is 1. The van der Waals surface area contributed by atoms with Crippen LogP contribution in [-0.4, -0.2) is 35.6 Å². The topological polar surface area (TPSA) is 81.1 Å². The van der Waals surface area contributed by atoms with Gasteiger partial charge in [-0.25, -0.2) is 17.5 Å². The third kappa shape index (κ3) is 3.93. The first-order valence-corrected chi connectivity index (χ1v) is 12.0. The van der Waals surface area contributed by atoms with Crippen molar-refractivity contribution in [3.8, 4) is 0 Å². The normalized spacial score (nSPS) is 19.0. The summed E-state index contributed by atoms with van der Waals surface area (Å²) in [5.74, 6) is -0.150. The summed E-state index contributed by atoms with van der Waals surface area (Å²) in [5.41, 5.74) is 0.502. The second-order valence-electron chi connectivity index (χ2n) is 8.38. The average Bonchev–Trinajstić information content (AvgIpc) is 3.31. The summed E-state index contributed by atoms with van der Waals surface area (Å²) in [6.07, 6.45) is 0.463. The minimum absolute atomic E-state index is 0.00916. The van der Waals surface area contributed by atoms with Crippen molar-refractivity contribution in [2.24, 2.45) is 0 Å². The number of amides is 1. The van der Waals surface area contributed by atoms with Gasteiger partial charge < -0.3 is 5.32 Å². The fourth-order valence-electron chi connectivity index (χ4n) is 3.42. The molecule has 0 aliphatic carbocycles. The maximum absolute atomic E-state index is 14.0. The maximum Gasteiger partial charge on any atom is 0.266 e. The molecule has 1 N–H and O–H groups in total. The lowest BCUT2D eigenvalue weighted by Crippen LogP contribution is -2.19. The Hall–Kier alpha value is -2.26. The quantitative estimate of drug-likeness (QED) is 0.670. The molecule has 6 nitrogen and oxygen atoms in total. The van der Waals surface area contributed by atoms with Gasteiger partial charge in [-0.1, -0.05) is 26.8 Å². The molecule has 2 aromatic heterocycles. The lowest BCUT2D eigenvalue weighted by molar-refractivity contribution is 0.102. The highest BCUT2D eigenvalue weighted by Gasteiger charge is 2.33. The zero-order valence-electron chi connectivity index (χ0n) is 16.4. The van der Waals surface area contributed by atoms with Crippen molar-refractivity contribution in [1.29, 1.82) is 0 Å². The van der Waals surface area contributed by atoms with Crippen LogP contribution < -0.4 is 5.32 Å². The van der Waals surface area contributed by atoms with Crippen LogP contribution in [0.2, 0.25) is 0 Å². The van der Waals surface area contributed by atoms with Crippen LogP contribution in [0.5, 0.6) is 0 Å². The van der Waals surface area contributed by atoms with Crippen molar-refractivity contribution in [3.63, 3.8) is 0 Å². The van der Waals surface area contributed by atoms with Crippen LogP contribution in [0.3, 0.4) is 0 Å². The standard InChI is InChI=1S/C20H22FN3O3S2/c1-20(2,3)17-10-18(24(23-17)12-7-8-29(26,27)11-12)22-19(25)16-9-13-14(21)5-4-6-15(13)28-16/h4-6,9-10,12H,7-8,11H2,1-3H3,(H,22,25). The van der Waals surface area contributed by atoms with Gasteiger partial charge in [0.25, 0.3) is 5.91 Å². The Balaban J connectivity index is 1.68. The second-order valence-corrected chi connectivity index (χ2v) is 11.7. The summed E-state index contributed by atoms with van der Waals surface area (Å²) < 4.78 is 40.2. The minimum atomic E-state index is -3.10. The van der Waals surface area contributed by atoms with Gasteiger partial charge in [-0.05, 0) is 24.6 Å². The summed E-state index contributed by atoms with van der Waals surface area (Å²) >= 11 is 1.21. The lowest BCUT2D eigenvalue weighted by Gasteiger charge is -2.15. The Labute approximate surface area is 172 Å². The molecule has 1 aromatic carbocycles. The van der Waals surface area contributed by atoms with Gasteiger partial charge in [0, 0.05) is 21.6 Å². The molecule has 29 heavy (non-hydrogen) atoms. The highest BCUT2D eigenvalue weighted by atomic mass is 32.2. The Morgan fingerprint density at radius 2 is 2.07 bits per heavy atom. The first-order chi connectivity index (χ1) is 13.5. The number of nitrogens with one attached hydrogen (secondary N) is 1. The van der Waals surface area contributed by atoms with Crippen LogP contribution in [0.15, 0.2) is 30.3 Å². The van der Waals surface area contributed by atoms with Crippen LogP contribution in [0.1, 0.15) is 48.6 Å². The number of hydrogen-bond acceptors (Lipinski definition) is 5. The number of thiophene rings is 1. The van der Waals surface area contributed by atoms with Crippen LogP contribution in [0.25, 0.3) is 10.1 Å². The van der Waals surface area contributed by atoms with Crippen LogP contribution in [0.4, 0.5) is 10.2 Å². The maximum atomic E-state index is 14.0. The molecule has 3 heterocycles. The number of carbonyl (C=O) groups excluding carboxylic acids is 1. The number of rotatable bonds is 3. The molecule has 1 aliphatic rings. The number of benzene rings is 1. The molecule has 9 heteroatoms. The van der Waals surface area contributed by atoms with E-state index in [0.717, 1.165) is 5.69 Å². The van der Waals surface area contributed by atoms with Gasteiger partial charge in [0.15, 0.2) is 9.84 Å². The summed E-state index contributed by atoms with van der Waals surface area (Å²) in [7, 11) is -3.10. The minimum Gasteiger partial charge on any atom is -0.306 e. The smallest absolute Gasteiger partial charge is 0.266 e. The highest BCUT2D eigenvalue weighted by Crippen LogP contribution is 2.32. The van der Waals surface area contributed by atoms with Crippen LogP contribution in [0, 0.1) is 5.82 Å². The van der Waals surface area contributed by atoms with E-state index in [9.17, 15) is 17.6 Å². The zero-order chi connectivity index (χ0) is 21.0. The summed E-state index contributed by atoms with van der Waals surface area (Å²) in [6.45, 7) is 6.02.